The van der Waals surface area contributed by atoms with Crippen LogP contribution < -0.4 is 16.2 Å². The molecule has 1 fully saturated rings. The lowest BCUT2D eigenvalue weighted by Crippen LogP contribution is -2.25. The van der Waals surface area contributed by atoms with E-state index in [0.717, 1.165) is 19.6 Å². The average molecular weight is 284 g/mol. The summed E-state index contributed by atoms with van der Waals surface area (Å²) in [4.78, 5) is 13.7. The van der Waals surface area contributed by atoms with Gasteiger partial charge in [0.1, 0.15) is 6.61 Å². The van der Waals surface area contributed by atoms with Crippen LogP contribution >= 0.6 is 11.6 Å². The summed E-state index contributed by atoms with van der Waals surface area (Å²) in [6.07, 6.45) is 2.46. The fourth-order valence-electron chi connectivity index (χ4n) is 2.23. The summed E-state index contributed by atoms with van der Waals surface area (Å²) in [5, 5.41) is 0.315. The zero-order valence-electron chi connectivity index (χ0n) is 10.7. The molecule has 4 N–H and O–H groups in total. The smallest absolute Gasteiger partial charge is 0.252 e. The zero-order chi connectivity index (χ0) is 13.8. The monoisotopic (exact) mass is 283 g/mol. The molecule has 1 aromatic rings. The van der Waals surface area contributed by atoms with Gasteiger partial charge in [0.05, 0.1) is 10.6 Å². The number of benzene rings is 1. The van der Waals surface area contributed by atoms with Crippen LogP contribution in [0.25, 0.3) is 0 Å². The van der Waals surface area contributed by atoms with Crippen LogP contribution in [0.2, 0.25) is 5.02 Å². The number of halogens is 1. The molecule has 0 radical (unpaired) electrons. The van der Waals surface area contributed by atoms with Gasteiger partial charge in [0.25, 0.3) is 5.91 Å². The lowest BCUT2D eigenvalue weighted by atomic mass is 10.1. The normalized spacial score (nSPS) is 15.6. The Kier molecular flexibility index (Phi) is 4.50. The number of carbonyl (C=O) groups excluding carboxylic acids is 1. The summed E-state index contributed by atoms with van der Waals surface area (Å²) in [5.74, 6) is -0.270. The molecule has 6 heteroatoms. The van der Waals surface area contributed by atoms with Crippen molar-refractivity contribution in [2.75, 3.05) is 32.0 Å². The van der Waals surface area contributed by atoms with Crippen LogP contribution in [-0.4, -0.2) is 37.0 Å². The van der Waals surface area contributed by atoms with Gasteiger partial charge in [0, 0.05) is 12.2 Å². The maximum absolute atomic E-state index is 11.4. The summed E-state index contributed by atoms with van der Waals surface area (Å²) < 4.78 is 5.62. The Labute approximate surface area is 117 Å². The van der Waals surface area contributed by atoms with Crippen LogP contribution in [-0.2, 0) is 0 Å². The number of amides is 1. The van der Waals surface area contributed by atoms with Crippen LogP contribution in [0.3, 0.4) is 0 Å². The molecule has 0 saturated carbocycles. The fraction of sp³-hybridized carbons (Fsp3) is 0.462. The van der Waals surface area contributed by atoms with Crippen molar-refractivity contribution in [3.05, 3.63) is 22.7 Å². The second-order valence-electron chi connectivity index (χ2n) is 4.64. The predicted molar refractivity (Wildman–Crippen MR) is 75.6 cm³/mol. The number of rotatable bonds is 5. The van der Waals surface area contributed by atoms with Crippen molar-refractivity contribution in [1.29, 1.82) is 0 Å². The highest BCUT2D eigenvalue weighted by atomic mass is 35.5. The highest BCUT2D eigenvalue weighted by Gasteiger charge is 2.16. The molecule has 1 aliphatic heterocycles. The van der Waals surface area contributed by atoms with Gasteiger partial charge in [-0.2, -0.15) is 0 Å². The first kappa shape index (κ1) is 14.0. The van der Waals surface area contributed by atoms with Gasteiger partial charge in [0.15, 0.2) is 5.75 Å². The summed E-state index contributed by atoms with van der Waals surface area (Å²) in [6, 6.07) is 3.04. The van der Waals surface area contributed by atoms with E-state index in [2.05, 4.69) is 4.90 Å². The Morgan fingerprint density at radius 1 is 1.37 bits per heavy atom. The maximum Gasteiger partial charge on any atom is 0.252 e. The molecule has 1 aliphatic rings. The lowest BCUT2D eigenvalue weighted by molar-refractivity contribution is 0.0996. The molecular weight excluding hydrogens is 266 g/mol. The Balaban J connectivity index is 2.03. The SMILES string of the molecule is NC(=O)c1cc(N)cc(Cl)c1OCCN1CCCC1. The molecule has 0 aromatic heterocycles. The third-order valence-electron chi connectivity index (χ3n) is 3.18. The summed E-state index contributed by atoms with van der Waals surface area (Å²) in [7, 11) is 0. The van der Waals surface area contributed by atoms with Crippen molar-refractivity contribution in [2.24, 2.45) is 5.73 Å². The predicted octanol–water partition coefficient (Wildman–Crippen LogP) is 1.50. The van der Waals surface area contributed by atoms with Crippen molar-refractivity contribution in [3.63, 3.8) is 0 Å². The number of likely N-dealkylation sites (tertiary alicyclic amines) is 1. The number of nitrogens with two attached hydrogens (primary N) is 2. The molecule has 1 saturated heterocycles. The largest absolute Gasteiger partial charge is 0.490 e. The number of primary amides is 1. The Morgan fingerprint density at radius 2 is 2.05 bits per heavy atom. The van der Waals surface area contributed by atoms with Crippen molar-refractivity contribution in [1.82, 2.24) is 4.90 Å². The topological polar surface area (TPSA) is 81.6 Å². The van der Waals surface area contributed by atoms with Gasteiger partial charge in [-0.05, 0) is 38.1 Å². The van der Waals surface area contributed by atoms with Crippen LogP contribution in [0.15, 0.2) is 12.1 Å². The molecule has 19 heavy (non-hydrogen) atoms. The second kappa shape index (κ2) is 6.12. The maximum atomic E-state index is 11.4. The van der Waals surface area contributed by atoms with Crippen molar-refractivity contribution < 1.29 is 9.53 Å². The molecule has 1 amide bonds. The average Bonchev–Trinajstić information content (AvgIpc) is 2.84. The van der Waals surface area contributed by atoms with Gasteiger partial charge in [-0.15, -0.1) is 0 Å². The van der Waals surface area contributed by atoms with Gasteiger partial charge in [0.2, 0.25) is 0 Å². The second-order valence-corrected chi connectivity index (χ2v) is 5.05. The zero-order valence-corrected chi connectivity index (χ0v) is 11.4. The van der Waals surface area contributed by atoms with E-state index in [-0.39, 0.29) is 5.56 Å². The van der Waals surface area contributed by atoms with E-state index in [1.165, 1.54) is 18.9 Å². The van der Waals surface area contributed by atoms with E-state index in [4.69, 9.17) is 27.8 Å². The van der Waals surface area contributed by atoms with E-state index >= 15 is 0 Å². The number of carbonyl (C=O) groups is 1. The standard InChI is InChI=1S/C13H18ClN3O2/c14-11-8-9(15)7-10(13(16)18)12(11)19-6-5-17-3-1-2-4-17/h7-8H,1-6,15H2,(H2,16,18). The quantitative estimate of drug-likeness (QED) is 0.802. The first-order valence-electron chi connectivity index (χ1n) is 6.32. The number of anilines is 1. The molecule has 5 nitrogen and oxygen atoms in total. The van der Waals surface area contributed by atoms with E-state index in [1.54, 1.807) is 6.07 Å². The minimum absolute atomic E-state index is 0.228. The number of hydrogen-bond acceptors (Lipinski definition) is 4. The van der Waals surface area contributed by atoms with E-state index < -0.39 is 5.91 Å². The van der Waals surface area contributed by atoms with E-state index in [0.29, 0.717) is 23.1 Å². The van der Waals surface area contributed by atoms with Gasteiger partial charge in [-0.1, -0.05) is 11.6 Å². The Bertz CT molecular complexity index is 473. The molecule has 0 atom stereocenters. The number of hydrogen-bond donors (Lipinski definition) is 2. The van der Waals surface area contributed by atoms with Gasteiger partial charge < -0.3 is 16.2 Å². The molecular formula is C13H18ClN3O2. The molecule has 1 aromatic carbocycles. The number of nitrogens with zero attached hydrogens (tertiary/aromatic N) is 1. The minimum Gasteiger partial charge on any atom is -0.490 e. The highest BCUT2D eigenvalue weighted by Crippen LogP contribution is 2.31. The third kappa shape index (κ3) is 3.52. The van der Waals surface area contributed by atoms with Crippen molar-refractivity contribution in [2.45, 2.75) is 12.8 Å². The van der Waals surface area contributed by atoms with Gasteiger partial charge in [-0.3, -0.25) is 9.69 Å². The lowest BCUT2D eigenvalue weighted by Gasteiger charge is -2.17. The van der Waals surface area contributed by atoms with Gasteiger partial charge in [-0.25, -0.2) is 0 Å². The van der Waals surface area contributed by atoms with Crippen molar-refractivity contribution in [3.8, 4) is 5.75 Å². The Hall–Kier alpha value is -1.46. The highest BCUT2D eigenvalue weighted by molar-refractivity contribution is 6.33. The van der Waals surface area contributed by atoms with Gasteiger partial charge >= 0.3 is 0 Å². The summed E-state index contributed by atoms with van der Waals surface area (Å²) >= 11 is 6.05. The summed E-state index contributed by atoms with van der Waals surface area (Å²) in [6.45, 7) is 3.49. The molecule has 104 valence electrons. The third-order valence-corrected chi connectivity index (χ3v) is 3.46. The van der Waals surface area contributed by atoms with Crippen molar-refractivity contribution >= 4 is 23.2 Å². The Morgan fingerprint density at radius 3 is 2.68 bits per heavy atom. The number of nitrogen functional groups attached to an aromatic ring is 1. The number of ether oxygens (including phenoxy) is 1. The minimum atomic E-state index is -0.592. The molecule has 2 rings (SSSR count). The fourth-order valence-corrected chi connectivity index (χ4v) is 2.51. The van der Waals surface area contributed by atoms with Crippen LogP contribution in [0.5, 0.6) is 5.75 Å². The molecule has 1 heterocycles. The summed E-state index contributed by atoms with van der Waals surface area (Å²) in [5.41, 5.74) is 11.6. The van der Waals surface area contributed by atoms with E-state index in [9.17, 15) is 4.79 Å². The van der Waals surface area contributed by atoms with Crippen LogP contribution in [0.1, 0.15) is 23.2 Å². The first-order valence-corrected chi connectivity index (χ1v) is 6.69. The molecule has 0 aliphatic carbocycles. The molecule has 0 unspecified atom stereocenters. The molecule has 0 spiro atoms. The molecule has 0 bridgehead atoms. The first-order chi connectivity index (χ1) is 9.08. The van der Waals surface area contributed by atoms with Crippen LogP contribution in [0.4, 0.5) is 5.69 Å². The van der Waals surface area contributed by atoms with E-state index in [1.807, 2.05) is 0 Å². The van der Waals surface area contributed by atoms with Crippen LogP contribution in [0, 0.1) is 0 Å².